The Kier molecular flexibility index (Phi) is 4.64. The van der Waals surface area contributed by atoms with Gasteiger partial charge in [0.2, 0.25) is 0 Å². The number of hydrogen-bond acceptors (Lipinski definition) is 3. The molecule has 0 fully saturated rings. The third-order valence-electron chi connectivity index (χ3n) is 3.37. The Morgan fingerprint density at radius 3 is 2.55 bits per heavy atom. The van der Waals surface area contributed by atoms with E-state index < -0.39 is 0 Å². The van der Waals surface area contributed by atoms with Gasteiger partial charge in [-0.2, -0.15) is 0 Å². The van der Waals surface area contributed by atoms with Crippen molar-refractivity contribution in [2.24, 2.45) is 0 Å². The van der Waals surface area contributed by atoms with Crippen LogP contribution in [-0.4, -0.2) is 11.4 Å². The molecule has 3 nitrogen and oxygen atoms in total. The summed E-state index contributed by atoms with van der Waals surface area (Å²) in [5.41, 5.74) is 2.19. The second-order valence-corrected chi connectivity index (χ2v) is 4.95. The second-order valence-electron chi connectivity index (χ2n) is 4.57. The topological polar surface area (TPSA) is 46.5 Å². The zero-order chi connectivity index (χ0) is 14.5. The van der Waals surface area contributed by atoms with Crippen LogP contribution in [0, 0.1) is 0 Å². The fourth-order valence-corrected chi connectivity index (χ4v) is 2.60. The lowest BCUT2D eigenvalue weighted by atomic mass is 9.82. The van der Waals surface area contributed by atoms with E-state index in [2.05, 4.69) is 6.58 Å². The highest BCUT2D eigenvalue weighted by atomic mass is 35.5. The van der Waals surface area contributed by atoms with Gasteiger partial charge in [-0.3, -0.25) is 4.79 Å². The third kappa shape index (κ3) is 2.94. The highest BCUT2D eigenvalue weighted by Gasteiger charge is 2.25. The number of rotatable bonds is 4. The van der Waals surface area contributed by atoms with Gasteiger partial charge in [0, 0.05) is 11.1 Å². The SMILES string of the molecule is C=COc1ccc(C2CC(C=O)=C(Cl)/C(=C/O)C2)cc1. The van der Waals surface area contributed by atoms with Gasteiger partial charge in [-0.1, -0.05) is 30.3 Å². The number of carbonyl (C=O) groups is 1. The monoisotopic (exact) mass is 290 g/mol. The maximum absolute atomic E-state index is 11.1. The van der Waals surface area contributed by atoms with Crippen molar-refractivity contribution in [2.45, 2.75) is 18.8 Å². The molecule has 1 N–H and O–H groups in total. The predicted molar refractivity (Wildman–Crippen MR) is 78.9 cm³/mol. The first-order chi connectivity index (χ1) is 9.69. The quantitative estimate of drug-likeness (QED) is 0.667. The van der Waals surface area contributed by atoms with E-state index in [4.69, 9.17) is 16.3 Å². The predicted octanol–water partition coefficient (Wildman–Crippen LogP) is 4.22. The normalized spacial score (nSPS) is 20.9. The van der Waals surface area contributed by atoms with Crippen LogP contribution in [0.5, 0.6) is 5.75 Å². The summed E-state index contributed by atoms with van der Waals surface area (Å²) < 4.78 is 5.18. The molecule has 1 aliphatic carbocycles. The van der Waals surface area contributed by atoms with Crippen molar-refractivity contribution in [2.75, 3.05) is 0 Å². The first-order valence-corrected chi connectivity index (χ1v) is 6.62. The van der Waals surface area contributed by atoms with E-state index in [1.165, 1.54) is 6.26 Å². The van der Waals surface area contributed by atoms with Crippen LogP contribution >= 0.6 is 11.6 Å². The zero-order valence-electron chi connectivity index (χ0n) is 10.9. The fourth-order valence-electron chi connectivity index (χ4n) is 2.35. The summed E-state index contributed by atoms with van der Waals surface area (Å²) in [7, 11) is 0. The minimum absolute atomic E-state index is 0.119. The van der Waals surface area contributed by atoms with E-state index in [-0.39, 0.29) is 5.92 Å². The average Bonchev–Trinajstić information content (AvgIpc) is 2.49. The number of benzene rings is 1. The van der Waals surface area contributed by atoms with E-state index in [1.807, 2.05) is 24.3 Å². The molecule has 1 aromatic carbocycles. The molecule has 0 aliphatic heterocycles. The van der Waals surface area contributed by atoms with Gasteiger partial charge in [0.1, 0.15) is 12.0 Å². The molecule has 1 aliphatic rings. The standard InChI is InChI=1S/C16H15ClO3/c1-2-20-15-5-3-11(4-6-15)12-7-13(9-18)16(17)14(8-12)10-19/h2-6,9-10,12,18H,1,7-8H2/b13-9+. The molecule has 104 valence electrons. The van der Waals surface area contributed by atoms with Gasteiger partial charge in [-0.15, -0.1) is 0 Å². The van der Waals surface area contributed by atoms with Gasteiger partial charge in [-0.05, 0) is 36.5 Å². The highest BCUT2D eigenvalue weighted by Crippen LogP contribution is 2.40. The Labute approximate surface area is 122 Å². The van der Waals surface area contributed by atoms with Crippen LogP contribution in [0.15, 0.2) is 59.5 Å². The molecule has 0 bridgehead atoms. The largest absolute Gasteiger partial charge is 0.515 e. The van der Waals surface area contributed by atoms with E-state index >= 15 is 0 Å². The molecular weight excluding hydrogens is 276 g/mol. The molecule has 0 spiro atoms. The molecule has 1 atom stereocenters. The molecule has 1 unspecified atom stereocenters. The molecule has 0 saturated carbocycles. The van der Waals surface area contributed by atoms with Crippen LogP contribution < -0.4 is 4.74 Å². The Hall–Kier alpha value is -2.00. The Morgan fingerprint density at radius 2 is 2.00 bits per heavy atom. The molecule has 20 heavy (non-hydrogen) atoms. The third-order valence-corrected chi connectivity index (χ3v) is 3.85. The molecule has 0 heterocycles. The lowest BCUT2D eigenvalue weighted by Crippen LogP contribution is -2.10. The van der Waals surface area contributed by atoms with Crippen molar-refractivity contribution < 1.29 is 14.6 Å². The van der Waals surface area contributed by atoms with E-state index in [0.29, 0.717) is 34.8 Å². The number of allylic oxidation sites excluding steroid dienone is 3. The molecular formula is C16H15ClO3. The van der Waals surface area contributed by atoms with Gasteiger partial charge in [0.05, 0.1) is 17.6 Å². The van der Waals surface area contributed by atoms with Gasteiger partial charge in [-0.25, -0.2) is 0 Å². The maximum atomic E-state index is 11.1. The number of halogens is 1. The minimum atomic E-state index is 0.119. The number of aldehydes is 1. The molecule has 0 amide bonds. The molecule has 1 aromatic rings. The van der Waals surface area contributed by atoms with Crippen LogP contribution in [0.3, 0.4) is 0 Å². The summed E-state index contributed by atoms with van der Waals surface area (Å²) in [6, 6.07) is 7.58. The van der Waals surface area contributed by atoms with E-state index in [1.54, 1.807) is 0 Å². The first kappa shape index (κ1) is 14.4. The smallest absolute Gasteiger partial charge is 0.147 e. The summed E-state index contributed by atoms with van der Waals surface area (Å²) >= 11 is 6.06. The Balaban J connectivity index is 2.26. The van der Waals surface area contributed by atoms with Crippen molar-refractivity contribution in [3.8, 4) is 5.75 Å². The van der Waals surface area contributed by atoms with Gasteiger partial charge in [0.25, 0.3) is 0 Å². The summed E-state index contributed by atoms with van der Waals surface area (Å²) in [6.45, 7) is 3.50. The van der Waals surface area contributed by atoms with Crippen molar-refractivity contribution in [1.29, 1.82) is 0 Å². The Morgan fingerprint density at radius 1 is 1.30 bits per heavy atom. The molecule has 0 saturated heterocycles. The molecule has 0 aromatic heterocycles. The number of ether oxygens (including phenoxy) is 1. The van der Waals surface area contributed by atoms with Crippen LogP contribution in [0.2, 0.25) is 0 Å². The summed E-state index contributed by atoms with van der Waals surface area (Å²) in [5, 5.41) is 9.59. The van der Waals surface area contributed by atoms with Crippen LogP contribution in [0.1, 0.15) is 24.3 Å². The van der Waals surface area contributed by atoms with Crippen molar-refractivity contribution >= 4 is 17.9 Å². The maximum Gasteiger partial charge on any atom is 0.147 e. The van der Waals surface area contributed by atoms with Gasteiger partial charge < -0.3 is 9.84 Å². The second kappa shape index (κ2) is 6.44. The fraction of sp³-hybridized carbons (Fsp3) is 0.188. The number of aliphatic hydroxyl groups is 1. The van der Waals surface area contributed by atoms with Crippen molar-refractivity contribution in [3.63, 3.8) is 0 Å². The molecule has 4 heteroatoms. The summed E-state index contributed by atoms with van der Waals surface area (Å²) in [5.74, 6) is 0.829. The van der Waals surface area contributed by atoms with Gasteiger partial charge in [0.15, 0.2) is 0 Å². The Bertz CT molecular complexity index is 570. The van der Waals surface area contributed by atoms with Crippen molar-refractivity contribution in [1.82, 2.24) is 0 Å². The molecule has 2 rings (SSSR count). The van der Waals surface area contributed by atoms with Gasteiger partial charge >= 0.3 is 0 Å². The minimum Gasteiger partial charge on any atom is -0.515 e. The summed E-state index contributed by atoms with van der Waals surface area (Å²) in [6.07, 6.45) is 4.28. The van der Waals surface area contributed by atoms with Crippen LogP contribution in [0.4, 0.5) is 0 Å². The summed E-state index contributed by atoms with van der Waals surface area (Å²) in [4.78, 5) is 11.1. The van der Waals surface area contributed by atoms with Crippen LogP contribution in [0.25, 0.3) is 0 Å². The lowest BCUT2D eigenvalue weighted by Gasteiger charge is -2.24. The van der Waals surface area contributed by atoms with E-state index in [0.717, 1.165) is 18.1 Å². The number of hydrogen-bond donors (Lipinski definition) is 1. The average molecular weight is 291 g/mol. The lowest BCUT2D eigenvalue weighted by molar-refractivity contribution is -0.105. The van der Waals surface area contributed by atoms with Crippen LogP contribution in [-0.2, 0) is 4.79 Å². The zero-order valence-corrected chi connectivity index (χ0v) is 11.6. The highest BCUT2D eigenvalue weighted by molar-refractivity contribution is 6.33. The van der Waals surface area contributed by atoms with Crippen molar-refractivity contribution in [3.05, 3.63) is 65.1 Å². The first-order valence-electron chi connectivity index (χ1n) is 6.24. The van der Waals surface area contributed by atoms with E-state index in [9.17, 15) is 9.90 Å². The number of aliphatic hydroxyl groups excluding tert-OH is 1. The molecule has 0 radical (unpaired) electrons. The number of carbonyl (C=O) groups excluding carboxylic acids is 1.